The molecule has 0 fully saturated rings. The average Bonchev–Trinajstić information content (AvgIpc) is 2.96. The molecule has 3 nitrogen and oxygen atoms in total. The second kappa shape index (κ2) is 6.43. The minimum absolute atomic E-state index is 0.174. The summed E-state index contributed by atoms with van der Waals surface area (Å²) >= 11 is 0. The van der Waals surface area contributed by atoms with E-state index in [9.17, 15) is 9.18 Å². The molecule has 1 N–H and O–H groups in total. The lowest BCUT2D eigenvalue weighted by Gasteiger charge is -2.05. The molecular formula is C18H16FNO2. The van der Waals surface area contributed by atoms with Crippen LogP contribution >= 0.6 is 0 Å². The molecule has 0 spiro atoms. The van der Waals surface area contributed by atoms with E-state index in [1.807, 2.05) is 30.5 Å². The number of carbonyl (C=O) groups is 1. The lowest BCUT2D eigenvalue weighted by molar-refractivity contribution is -0.144. The van der Waals surface area contributed by atoms with Gasteiger partial charge in [0.15, 0.2) is 0 Å². The number of aryl methyl sites for hydroxylation is 1. The first-order chi connectivity index (χ1) is 10.7. The van der Waals surface area contributed by atoms with Crippen molar-refractivity contribution in [3.05, 3.63) is 71.7 Å². The van der Waals surface area contributed by atoms with Crippen LogP contribution in [0.25, 0.3) is 10.9 Å². The number of hydrogen-bond donors (Lipinski definition) is 1. The first kappa shape index (κ1) is 14.3. The molecule has 0 atom stereocenters. The molecular weight excluding hydrogens is 281 g/mol. The molecule has 0 saturated carbocycles. The third kappa shape index (κ3) is 3.34. The van der Waals surface area contributed by atoms with Gasteiger partial charge >= 0.3 is 5.97 Å². The van der Waals surface area contributed by atoms with E-state index >= 15 is 0 Å². The maximum Gasteiger partial charge on any atom is 0.306 e. The number of aromatic nitrogens is 1. The Morgan fingerprint density at radius 1 is 1.09 bits per heavy atom. The lowest BCUT2D eigenvalue weighted by atomic mass is 10.1. The summed E-state index contributed by atoms with van der Waals surface area (Å²) in [6, 6.07) is 13.9. The van der Waals surface area contributed by atoms with E-state index in [0.29, 0.717) is 12.8 Å². The van der Waals surface area contributed by atoms with Crippen LogP contribution in [0.4, 0.5) is 4.39 Å². The first-order valence-electron chi connectivity index (χ1n) is 7.17. The first-order valence-corrected chi connectivity index (χ1v) is 7.17. The van der Waals surface area contributed by atoms with Gasteiger partial charge in [0.2, 0.25) is 0 Å². The van der Waals surface area contributed by atoms with Crippen molar-refractivity contribution in [2.45, 2.75) is 19.4 Å². The third-order valence-corrected chi connectivity index (χ3v) is 3.59. The number of H-pyrrole nitrogens is 1. The molecule has 3 rings (SSSR count). The number of aromatic amines is 1. The Hall–Kier alpha value is -2.62. The second-order valence-electron chi connectivity index (χ2n) is 5.15. The van der Waals surface area contributed by atoms with Gasteiger partial charge in [0.05, 0.1) is 0 Å². The van der Waals surface area contributed by atoms with Crippen LogP contribution in [-0.4, -0.2) is 11.0 Å². The number of para-hydroxylation sites is 1. The van der Waals surface area contributed by atoms with Crippen LogP contribution in [0.15, 0.2) is 54.7 Å². The number of halogens is 1. The average molecular weight is 297 g/mol. The molecule has 4 heteroatoms. The Balaban J connectivity index is 1.53. The molecule has 3 aromatic rings. The van der Waals surface area contributed by atoms with E-state index in [4.69, 9.17) is 4.74 Å². The molecule has 112 valence electrons. The predicted octanol–water partition coefficient (Wildman–Crippen LogP) is 3.98. The fourth-order valence-electron chi connectivity index (χ4n) is 2.39. The van der Waals surface area contributed by atoms with Gasteiger partial charge in [0.25, 0.3) is 0 Å². The van der Waals surface area contributed by atoms with Gasteiger partial charge < -0.3 is 9.72 Å². The van der Waals surface area contributed by atoms with Crippen LogP contribution in [0.5, 0.6) is 0 Å². The minimum atomic E-state index is -0.297. The highest BCUT2D eigenvalue weighted by atomic mass is 19.1. The molecule has 2 aromatic carbocycles. The van der Waals surface area contributed by atoms with Crippen LogP contribution < -0.4 is 0 Å². The van der Waals surface area contributed by atoms with Gasteiger partial charge in [-0.3, -0.25) is 4.79 Å². The summed E-state index contributed by atoms with van der Waals surface area (Å²) in [6.07, 6.45) is 2.88. The summed E-state index contributed by atoms with van der Waals surface area (Å²) in [5, 5.41) is 1.13. The van der Waals surface area contributed by atoms with E-state index in [-0.39, 0.29) is 18.4 Å². The van der Waals surface area contributed by atoms with E-state index in [1.165, 1.54) is 12.1 Å². The Bertz CT molecular complexity index is 777. The standard InChI is InChI=1S/C18H16FNO2/c19-15-8-5-13(6-9-15)12-22-18(21)10-7-14-11-20-17-4-2-1-3-16(14)17/h1-6,8-9,11,20H,7,10,12H2. The predicted molar refractivity (Wildman–Crippen MR) is 82.8 cm³/mol. The molecule has 0 radical (unpaired) electrons. The second-order valence-corrected chi connectivity index (χ2v) is 5.15. The summed E-state index contributed by atoms with van der Waals surface area (Å²) in [4.78, 5) is 15.0. The van der Waals surface area contributed by atoms with Crippen molar-refractivity contribution < 1.29 is 13.9 Å². The number of esters is 1. The van der Waals surface area contributed by atoms with Gasteiger partial charge in [0, 0.05) is 23.5 Å². The molecule has 0 amide bonds. The van der Waals surface area contributed by atoms with Crippen LogP contribution in [0, 0.1) is 5.82 Å². The topological polar surface area (TPSA) is 42.1 Å². The van der Waals surface area contributed by atoms with Gasteiger partial charge in [-0.2, -0.15) is 0 Å². The van der Waals surface area contributed by atoms with Crippen molar-refractivity contribution in [3.63, 3.8) is 0 Å². The third-order valence-electron chi connectivity index (χ3n) is 3.59. The molecule has 1 aromatic heterocycles. The van der Waals surface area contributed by atoms with Crippen LogP contribution in [0.2, 0.25) is 0 Å². The monoisotopic (exact) mass is 297 g/mol. The Morgan fingerprint density at radius 2 is 1.86 bits per heavy atom. The Kier molecular flexibility index (Phi) is 4.19. The van der Waals surface area contributed by atoms with Crippen molar-refractivity contribution in [2.75, 3.05) is 0 Å². The van der Waals surface area contributed by atoms with Crippen molar-refractivity contribution in [3.8, 4) is 0 Å². The van der Waals surface area contributed by atoms with E-state index < -0.39 is 0 Å². The van der Waals surface area contributed by atoms with E-state index in [0.717, 1.165) is 22.0 Å². The maximum absolute atomic E-state index is 12.8. The van der Waals surface area contributed by atoms with Crippen LogP contribution in [0.1, 0.15) is 17.5 Å². The summed E-state index contributed by atoms with van der Waals surface area (Å²) in [7, 11) is 0. The van der Waals surface area contributed by atoms with Crippen molar-refractivity contribution in [2.24, 2.45) is 0 Å². The number of benzene rings is 2. The maximum atomic E-state index is 12.8. The summed E-state index contributed by atoms with van der Waals surface area (Å²) in [5.74, 6) is -0.552. The smallest absolute Gasteiger partial charge is 0.306 e. The Morgan fingerprint density at radius 3 is 2.68 bits per heavy atom. The molecule has 0 saturated heterocycles. The lowest BCUT2D eigenvalue weighted by Crippen LogP contribution is -2.05. The highest BCUT2D eigenvalue weighted by molar-refractivity contribution is 5.83. The number of carbonyl (C=O) groups excluding carboxylic acids is 1. The van der Waals surface area contributed by atoms with Gasteiger partial charge in [-0.05, 0) is 35.7 Å². The molecule has 0 unspecified atom stereocenters. The van der Waals surface area contributed by atoms with E-state index in [1.54, 1.807) is 12.1 Å². The van der Waals surface area contributed by atoms with Gasteiger partial charge in [-0.15, -0.1) is 0 Å². The number of fused-ring (bicyclic) bond motifs is 1. The highest BCUT2D eigenvalue weighted by Gasteiger charge is 2.08. The molecule has 0 aliphatic rings. The molecule has 22 heavy (non-hydrogen) atoms. The van der Waals surface area contributed by atoms with E-state index in [2.05, 4.69) is 4.98 Å². The van der Waals surface area contributed by atoms with Crippen molar-refractivity contribution in [1.29, 1.82) is 0 Å². The summed E-state index contributed by atoms with van der Waals surface area (Å²) < 4.78 is 18.0. The fraction of sp³-hybridized carbons (Fsp3) is 0.167. The zero-order valence-electron chi connectivity index (χ0n) is 12.0. The molecule has 0 aliphatic heterocycles. The SMILES string of the molecule is O=C(CCc1c[nH]c2ccccc12)OCc1ccc(F)cc1. The number of nitrogens with one attached hydrogen (secondary N) is 1. The zero-order chi connectivity index (χ0) is 15.4. The molecule has 0 bridgehead atoms. The highest BCUT2D eigenvalue weighted by Crippen LogP contribution is 2.19. The number of rotatable bonds is 5. The van der Waals surface area contributed by atoms with Crippen molar-refractivity contribution in [1.82, 2.24) is 4.98 Å². The normalized spacial score (nSPS) is 10.8. The van der Waals surface area contributed by atoms with Gasteiger partial charge in [0.1, 0.15) is 12.4 Å². The van der Waals surface area contributed by atoms with Gasteiger partial charge in [-0.1, -0.05) is 30.3 Å². The number of hydrogen-bond acceptors (Lipinski definition) is 2. The zero-order valence-corrected chi connectivity index (χ0v) is 12.0. The largest absolute Gasteiger partial charge is 0.461 e. The summed E-state index contributed by atoms with van der Waals surface area (Å²) in [5.41, 5.74) is 2.95. The van der Waals surface area contributed by atoms with Crippen LogP contribution in [-0.2, 0) is 22.6 Å². The Labute approximate surface area is 127 Å². The van der Waals surface area contributed by atoms with Gasteiger partial charge in [-0.25, -0.2) is 4.39 Å². The quantitative estimate of drug-likeness (QED) is 0.724. The van der Waals surface area contributed by atoms with Crippen molar-refractivity contribution >= 4 is 16.9 Å². The molecule has 0 aliphatic carbocycles. The number of ether oxygens (including phenoxy) is 1. The fourth-order valence-corrected chi connectivity index (χ4v) is 2.39. The molecule has 1 heterocycles. The minimum Gasteiger partial charge on any atom is -0.461 e. The summed E-state index contributed by atoms with van der Waals surface area (Å²) in [6.45, 7) is 0.174. The van der Waals surface area contributed by atoms with Crippen LogP contribution in [0.3, 0.4) is 0 Å².